The molecule has 1 amide bonds. The highest BCUT2D eigenvalue weighted by molar-refractivity contribution is 9.10. The summed E-state index contributed by atoms with van der Waals surface area (Å²) < 4.78 is 0.916. The molecule has 0 bridgehead atoms. The van der Waals surface area contributed by atoms with Gasteiger partial charge in [0.1, 0.15) is 0 Å². The molecule has 1 atom stereocenters. The lowest BCUT2D eigenvalue weighted by Crippen LogP contribution is -2.41. The van der Waals surface area contributed by atoms with Gasteiger partial charge in [-0.25, -0.2) is 0 Å². The first-order chi connectivity index (χ1) is 8.65. The minimum Gasteiger partial charge on any atom is -0.335 e. The van der Waals surface area contributed by atoms with Gasteiger partial charge in [0.25, 0.3) is 5.91 Å². The van der Waals surface area contributed by atoms with Crippen LogP contribution in [0.1, 0.15) is 29.3 Å². The molecule has 1 N–H and O–H groups in total. The minimum atomic E-state index is 0.127. The zero-order chi connectivity index (χ0) is 13.1. The number of rotatable bonds is 3. The highest BCUT2D eigenvalue weighted by atomic mass is 79.9. The van der Waals surface area contributed by atoms with Crippen LogP contribution in [0.3, 0.4) is 0 Å². The van der Waals surface area contributed by atoms with E-state index in [2.05, 4.69) is 21.2 Å². The molecule has 1 unspecified atom stereocenters. The van der Waals surface area contributed by atoms with Crippen LogP contribution < -0.4 is 5.32 Å². The van der Waals surface area contributed by atoms with E-state index in [1.54, 1.807) is 0 Å². The highest BCUT2D eigenvalue weighted by Crippen LogP contribution is 2.23. The second-order valence-corrected chi connectivity index (χ2v) is 5.47. The van der Waals surface area contributed by atoms with Gasteiger partial charge in [-0.3, -0.25) is 4.79 Å². The van der Waals surface area contributed by atoms with Gasteiger partial charge in [-0.1, -0.05) is 12.1 Å². The van der Waals surface area contributed by atoms with Gasteiger partial charge in [0.2, 0.25) is 0 Å². The van der Waals surface area contributed by atoms with Crippen LogP contribution in [0.5, 0.6) is 0 Å². The van der Waals surface area contributed by atoms with E-state index in [4.69, 9.17) is 0 Å². The number of nitrogens with one attached hydrogen (secondary N) is 1. The molecule has 0 radical (unpaired) electrons. The number of carbonyl (C=O) groups is 1. The molecule has 0 spiro atoms. The zero-order valence-electron chi connectivity index (χ0n) is 10.9. The molecule has 1 aromatic carbocycles. The monoisotopic (exact) mass is 310 g/mol. The normalized spacial score (nSPS) is 18.9. The van der Waals surface area contributed by atoms with Crippen LogP contribution in [-0.2, 0) is 0 Å². The number of halogens is 1. The van der Waals surface area contributed by atoms with Crippen LogP contribution in [-0.4, -0.2) is 36.5 Å². The molecule has 0 aromatic heterocycles. The zero-order valence-corrected chi connectivity index (χ0v) is 12.5. The Morgan fingerprint density at radius 1 is 1.56 bits per heavy atom. The van der Waals surface area contributed by atoms with Crippen molar-refractivity contribution < 1.29 is 4.79 Å². The predicted octanol–water partition coefficient (Wildman–Crippen LogP) is 2.58. The highest BCUT2D eigenvalue weighted by Gasteiger charge is 2.27. The van der Waals surface area contributed by atoms with Crippen molar-refractivity contribution in [2.75, 3.05) is 19.6 Å². The fourth-order valence-electron chi connectivity index (χ4n) is 2.44. The van der Waals surface area contributed by atoms with Gasteiger partial charge in [0, 0.05) is 23.6 Å². The molecular weight excluding hydrogens is 292 g/mol. The molecule has 1 aliphatic heterocycles. The number of hydrogen-bond acceptors (Lipinski definition) is 2. The lowest BCUT2D eigenvalue weighted by Gasteiger charge is -2.27. The SMILES string of the molecule is CCN(C(=O)c1cccc(C)c1Br)C1CCNC1. The summed E-state index contributed by atoms with van der Waals surface area (Å²) in [5, 5.41) is 3.31. The van der Waals surface area contributed by atoms with Gasteiger partial charge in [0.15, 0.2) is 0 Å². The third-order valence-electron chi connectivity index (χ3n) is 3.50. The maximum Gasteiger partial charge on any atom is 0.255 e. The smallest absolute Gasteiger partial charge is 0.255 e. The van der Waals surface area contributed by atoms with Crippen LogP contribution in [0.25, 0.3) is 0 Å². The number of likely N-dealkylation sites (N-methyl/N-ethyl adjacent to an activating group) is 1. The van der Waals surface area contributed by atoms with Crippen LogP contribution in [0.15, 0.2) is 22.7 Å². The average molecular weight is 311 g/mol. The summed E-state index contributed by atoms with van der Waals surface area (Å²) in [5.74, 6) is 0.127. The molecule has 0 aliphatic carbocycles. The summed E-state index contributed by atoms with van der Waals surface area (Å²) in [6.07, 6.45) is 1.04. The quantitative estimate of drug-likeness (QED) is 0.930. The average Bonchev–Trinajstić information content (AvgIpc) is 2.87. The Kier molecular flexibility index (Phi) is 4.40. The van der Waals surface area contributed by atoms with Crippen molar-refractivity contribution in [1.29, 1.82) is 0 Å². The van der Waals surface area contributed by atoms with Gasteiger partial charge >= 0.3 is 0 Å². The Bertz CT molecular complexity index is 441. The topological polar surface area (TPSA) is 32.3 Å². The molecular formula is C14H19BrN2O. The fraction of sp³-hybridized carbons (Fsp3) is 0.500. The van der Waals surface area contributed by atoms with Crippen molar-refractivity contribution in [2.45, 2.75) is 26.3 Å². The summed E-state index contributed by atoms with van der Waals surface area (Å²) in [7, 11) is 0. The second-order valence-electron chi connectivity index (χ2n) is 4.67. The van der Waals surface area contributed by atoms with E-state index in [9.17, 15) is 4.79 Å². The van der Waals surface area contributed by atoms with Crippen molar-refractivity contribution >= 4 is 21.8 Å². The summed E-state index contributed by atoms with van der Waals surface area (Å²) >= 11 is 3.52. The van der Waals surface area contributed by atoms with Crippen LogP contribution >= 0.6 is 15.9 Å². The van der Waals surface area contributed by atoms with E-state index in [1.165, 1.54) is 0 Å². The number of hydrogen-bond donors (Lipinski definition) is 1. The standard InChI is InChI=1S/C14H19BrN2O/c1-3-17(11-7-8-16-9-11)14(18)12-6-4-5-10(2)13(12)15/h4-6,11,16H,3,7-9H2,1-2H3. The number of carbonyl (C=O) groups excluding carboxylic acids is 1. The Labute approximate surface area is 117 Å². The van der Waals surface area contributed by atoms with Crippen LogP contribution in [0.4, 0.5) is 0 Å². The molecule has 1 aliphatic rings. The predicted molar refractivity (Wildman–Crippen MR) is 76.9 cm³/mol. The molecule has 1 saturated heterocycles. The first-order valence-electron chi connectivity index (χ1n) is 6.42. The van der Waals surface area contributed by atoms with Crippen molar-refractivity contribution in [3.63, 3.8) is 0 Å². The molecule has 18 heavy (non-hydrogen) atoms. The largest absolute Gasteiger partial charge is 0.335 e. The van der Waals surface area contributed by atoms with Gasteiger partial charge in [-0.2, -0.15) is 0 Å². The summed E-state index contributed by atoms with van der Waals surface area (Å²) in [4.78, 5) is 14.6. The summed E-state index contributed by atoms with van der Waals surface area (Å²) in [5.41, 5.74) is 1.87. The summed E-state index contributed by atoms with van der Waals surface area (Å²) in [6, 6.07) is 6.17. The van der Waals surface area contributed by atoms with E-state index >= 15 is 0 Å². The maximum atomic E-state index is 12.6. The number of amides is 1. The second kappa shape index (κ2) is 5.85. The van der Waals surface area contributed by atoms with E-state index in [0.29, 0.717) is 6.04 Å². The number of nitrogens with zero attached hydrogens (tertiary/aromatic N) is 1. The number of aryl methyl sites for hydroxylation is 1. The van der Waals surface area contributed by atoms with Crippen LogP contribution in [0.2, 0.25) is 0 Å². The van der Waals surface area contributed by atoms with Crippen molar-refractivity contribution in [3.05, 3.63) is 33.8 Å². The van der Waals surface area contributed by atoms with Gasteiger partial charge in [-0.05, 0) is 54.4 Å². The molecule has 1 aromatic rings. The molecule has 3 nitrogen and oxygen atoms in total. The van der Waals surface area contributed by atoms with Gasteiger partial charge in [0.05, 0.1) is 5.56 Å². The lowest BCUT2D eigenvalue weighted by molar-refractivity contribution is 0.0702. The van der Waals surface area contributed by atoms with Crippen molar-refractivity contribution in [3.8, 4) is 0 Å². The third-order valence-corrected chi connectivity index (χ3v) is 4.55. The van der Waals surface area contributed by atoms with Crippen LogP contribution in [0, 0.1) is 6.92 Å². The first kappa shape index (κ1) is 13.6. The Balaban J connectivity index is 2.25. The summed E-state index contributed by atoms with van der Waals surface area (Å²) in [6.45, 7) is 6.71. The third kappa shape index (κ3) is 2.59. The van der Waals surface area contributed by atoms with E-state index in [0.717, 1.165) is 41.7 Å². The van der Waals surface area contributed by atoms with Crippen molar-refractivity contribution in [2.24, 2.45) is 0 Å². The molecule has 98 valence electrons. The Morgan fingerprint density at radius 3 is 2.94 bits per heavy atom. The van der Waals surface area contributed by atoms with E-state index < -0.39 is 0 Å². The van der Waals surface area contributed by atoms with Crippen molar-refractivity contribution in [1.82, 2.24) is 10.2 Å². The van der Waals surface area contributed by atoms with Gasteiger partial charge < -0.3 is 10.2 Å². The Hall–Kier alpha value is -0.870. The lowest BCUT2D eigenvalue weighted by atomic mass is 10.1. The number of benzene rings is 1. The minimum absolute atomic E-state index is 0.127. The molecule has 1 fully saturated rings. The molecule has 0 saturated carbocycles. The molecule has 4 heteroatoms. The Morgan fingerprint density at radius 2 is 2.33 bits per heavy atom. The fourth-order valence-corrected chi connectivity index (χ4v) is 2.87. The van der Waals surface area contributed by atoms with E-state index in [1.807, 2.05) is 36.9 Å². The van der Waals surface area contributed by atoms with Gasteiger partial charge in [-0.15, -0.1) is 0 Å². The first-order valence-corrected chi connectivity index (χ1v) is 7.21. The maximum absolute atomic E-state index is 12.6. The molecule has 1 heterocycles. The van der Waals surface area contributed by atoms with E-state index in [-0.39, 0.29) is 5.91 Å². The molecule has 2 rings (SSSR count).